The lowest BCUT2D eigenvalue weighted by molar-refractivity contribution is -0.286. The van der Waals surface area contributed by atoms with Crippen LogP contribution in [0.1, 0.15) is 90.5 Å². The molecular formula is C40H56O10. The Labute approximate surface area is 297 Å². The largest absolute Gasteiger partial charge is 0.459 e. The number of esters is 1. The predicted molar refractivity (Wildman–Crippen MR) is 187 cm³/mol. The first kappa shape index (κ1) is 38.5. The number of ketones is 1. The van der Waals surface area contributed by atoms with Gasteiger partial charge in [0.25, 0.3) is 0 Å². The molecule has 4 aliphatic heterocycles. The van der Waals surface area contributed by atoms with E-state index in [0.29, 0.717) is 38.7 Å². The minimum atomic E-state index is -1.57. The van der Waals surface area contributed by atoms with Crippen molar-refractivity contribution >= 4 is 11.8 Å². The number of hydrogen-bond acceptors (Lipinski definition) is 10. The molecule has 0 saturated carbocycles. The zero-order chi connectivity index (χ0) is 35.9. The van der Waals surface area contributed by atoms with E-state index in [0.717, 1.165) is 23.1 Å². The number of rotatable bonds is 7. The molecule has 0 aromatic heterocycles. The summed E-state index contributed by atoms with van der Waals surface area (Å²) >= 11 is 0. The Hall–Kier alpha value is -2.70. The number of aliphatic hydroxyl groups excluding tert-OH is 1. The van der Waals surface area contributed by atoms with E-state index in [1.807, 2.05) is 63.3 Å². The van der Waals surface area contributed by atoms with Gasteiger partial charge in [-0.3, -0.25) is 9.59 Å². The van der Waals surface area contributed by atoms with E-state index >= 15 is 0 Å². The van der Waals surface area contributed by atoms with Gasteiger partial charge in [0.1, 0.15) is 12.9 Å². The average molecular weight is 697 g/mol. The summed E-state index contributed by atoms with van der Waals surface area (Å²) in [7, 11) is 1.49. The number of aliphatic hydroxyl groups is 1. The van der Waals surface area contributed by atoms with Gasteiger partial charge in [0.2, 0.25) is 5.79 Å². The lowest BCUT2D eigenvalue weighted by atomic mass is 9.76. The molecule has 0 radical (unpaired) electrons. The Morgan fingerprint density at radius 2 is 1.60 bits per heavy atom. The van der Waals surface area contributed by atoms with Gasteiger partial charge in [0.15, 0.2) is 5.78 Å². The molecular weight excluding hydrogens is 640 g/mol. The summed E-state index contributed by atoms with van der Waals surface area (Å²) in [5.74, 6) is -2.28. The van der Waals surface area contributed by atoms with Gasteiger partial charge in [-0.25, -0.2) is 0 Å². The van der Waals surface area contributed by atoms with Crippen molar-refractivity contribution in [1.82, 2.24) is 0 Å². The smallest absolute Gasteiger partial charge is 0.308 e. The van der Waals surface area contributed by atoms with E-state index in [1.165, 1.54) is 7.11 Å². The topological polar surface area (TPSA) is 119 Å². The number of carbonyl (C=O) groups excluding carboxylic acids is 2. The van der Waals surface area contributed by atoms with Crippen molar-refractivity contribution in [2.45, 2.75) is 146 Å². The summed E-state index contributed by atoms with van der Waals surface area (Å²) in [4.78, 5) is 27.0. The molecule has 9 atom stereocenters. The van der Waals surface area contributed by atoms with E-state index in [4.69, 9.17) is 33.2 Å². The van der Waals surface area contributed by atoms with Crippen LogP contribution in [0.15, 0.2) is 66.8 Å². The normalized spacial score (nSPS) is 35.5. The van der Waals surface area contributed by atoms with Crippen LogP contribution in [0.2, 0.25) is 0 Å². The second kappa shape index (κ2) is 17.2. The highest BCUT2D eigenvalue weighted by molar-refractivity contribution is 5.87. The third kappa shape index (κ3) is 10.00. The van der Waals surface area contributed by atoms with Crippen molar-refractivity contribution in [3.63, 3.8) is 0 Å². The first-order valence-corrected chi connectivity index (χ1v) is 18.1. The third-order valence-electron chi connectivity index (χ3n) is 10.3. The fraction of sp³-hybridized carbons (Fsp3) is 0.650. The van der Waals surface area contributed by atoms with Crippen LogP contribution in [-0.2, 0) is 49.4 Å². The molecule has 1 N–H and O–H groups in total. The number of Topliss-reactive ketones (excluding diaryl/α,β-unsaturated/α-hetero) is 1. The summed E-state index contributed by atoms with van der Waals surface area (Å²) in [5, 5.41) is 11.0. The summed E-state index contributed by atoms with van der Waals surface area (Å²) in [5.41, 5.74) is 2.28. The number of cyclic esters (lactones) is 1. The van der Waals surface area contributed by atoms with Crippen molar-refractivity contribution in [3.05, 3.63) is 72.4 Å². The molecule has 50 heavy (non-hydrogen) atoms. The highest BCUT2D eigenvalue weighted by Crippen LogP contribution is 2.44. The van der Waals surface area contributed by atoms with Crippen LogP contribution in [0.3, 0.4) is 0 Å². The zero-order valence-corrected chi connectivity index (χ0v) is 30.2. The van der Waals surface area contributed by atoms with Crippen LogP contribution in [-0.4, -0.2) is 85.4 Å². The standard InChI is InChI=1S/C40H56O10/c1-26-16-31-14-15-39(4,5)40(44-6)37(42)13-12-32(50-40)23-36(28(3)46-25-45-24-29-10-8-7-9-11-29)49-38(43)21-30(41)20-33-17-27(2)19-35(48-33)22-34(18-26)47-31/h7-11,14-15,28,30-36,41H,1-2,12-13,16-25H2,3-6H3/b15-14-/t28-,30-,31+,32+,33+,34+,35-,36-,40-/m1/s1. The van der Waals surface area contributed by atoms with E-state index in [2.05, 4.69) is 13.2 Å². The van der Waals surface area contributed by atoms with Gasteiger partial charge in [-0.15, -0.1) is 0 Å². The van der Waals surface area contributed by atoms with Crippen molar-refractivity contribution < 1.29 is 47.9 Å². The summed E-state index contributed by atoms with van der Waals surface area (Å²) in [6.07, 6.45) is 4.80. The van der Waals surface area contributed by atoms with E-state index < -0.39 is 41.6 Å². The molecule has 1 aromatic rings. The van der Waals surface area contributed by atoms with Gasteiger partial charge in [0.05, 0.1) is 55.8 Å². The maximum absolute atomic E-state index is 13.7. The number of carbonyl (C=O) groups is 2. The Morgan fingerprint density at radius 1 is 0.920 bits per heavy atom. The predicted octanol–water partition coefficient (Wildman–Crippen LogP) is 6.29. The number of hydrogen-bond donors (Lipinski definition) is 1. The monoisotopic (exact) mass is 696 g/mol. The van der Waals surface area contributed by atoms with Crippen LogP contribution in [0, 0.1) is 5.41 Å². The number of ether oxygens (including phenoxy) is 7. The lowest BCUT2D eigenvalue weighted by Crippen LogP contribution is -2.59. The molecule has 10 heteroatoms. The van der Waals surface area contributed by atoms with Crippen molar-refractivity contribution in [3.8, 4) is 0 Å². The Kier molecular flexibility index (Phi) is 13.3. The fourth-order valence-corrected chi connectivity index (χ4v) is 7.72. The summed E-state index contributed by atoms with van der Waals surface area (Å²) < 4.78 is 43.4. The molecule has 0 spiro atoms. The highest BCUT2D eigenvalue weighted by atomic mass is 16.7. The Morgan fingerprint density at radius 3 is 2.32 bits per heavy atom. The van der Waals surface area contributed by atoms with Crippen molar-refractivity contribution in [2.24, 2.45) is 5.41 Å². The second-order valence-corrected chi connectivity index (χ2v) is 15.0. The van der Waals surface area contributed by atoms with Crippen LogP contribution < -0.4 is 0 Å². The number of methoxy groups -OCH3 is 1. The number of benzene rings is 1. The maximum Gasteiger partial charge on any atom is 0.308 e. The lowest BCUT2D eigenvalue weighted by Gasteiger charge is -2.47. The van der Waals surface area contributed by atoms with Gasteiger partial charge in [-0.05, 0) is 44.6 Å². The molecule has 10 nitrogen and oxygen atoms in total. The van der Waals surface area contributed by atoms with E-state index in [1.54, 1.807) is 0 Å². The van der Waals surface area contributed by atoms with Crippen LogP contribution in [0.5, 0.6) is 0 Å². The number of fused-ring (bicyclic) bond motifs is 6. The average Bonchev–Trinajstić information content (AvgIpc) is 3.05. The Balaban J connectivity index is 1.38. The summed E-state index contributed by atoms with van der Waals surface area (Å²) in [6.45, 7) is 14.6. The quantitative estimate of drug-likeness (QED) is 0.151. The second-order valence-electron chi connectivity index (χ2n) is 15.0. The zero-order valence-electron chi connectivity index (χ0n) is 30.2. The Bertz CT molecular complexity index is 1360. The van der Waals surface area contributed by atoms with Crippen molar-refractivity contribution in [1.29, 1.82) is 0 Å². The minimum Gasteiger partial charge on any atom is -0.459 e. The molecule has 5 rings (SSSR count). The molecule has 3 saturated heterocycles. The fourth-order valence-electron chi connectivity index (χ4n) is 7.72. The van der Waals surface area contributed by atoms with Crippen LogP contribution >= 0.6 is 0 Å². The molecule has 0 amide bonds. The van der Waals surface area contributed by atoms with Gasteiger partial charge >= 0.3 is 5.97 Å². The van der Waals surface area contributed by atoms with Crippen molar-refractivity contribution in [2.75, 3.05) is 13.9 Å². The highest BCUT2D eigenvalue weighted by Gasteiger charge is 2.55. The van der Waals surface area contributed by atoms with E-state index in [9.17, 15) is 14.7 Å². The molecule has 4 heterocycles. The maximum atomic E-state index is 13.7. The summed E-state index contributed by atoms with van der Waals surface area (Å²) in [6, 6.07) is 9.76. The molecule has 4 aliphatic rings. The molecule has 0 unspecified atom stereocenters. The van der Waals surface area contributed by atoms with Crippen LogP contribution in [0.4, 0.5) is 0 Å². The van der Waals surface area contributed by atoms with E-state index in [-0.39, 0.29) is 62.7 Å². The van der Waals surface area contributed by atoms with Gasteiger partial charge in [-0.1, -0.05) is 80.6 Å². The first-order valence-electron chi connectivity index (χ1n) is 18.1. The molecule has 3 fully saturated rings. The SMILES string of the molecule is C=C1C[C@@H]2C[C@@H]3CC(=C)C[C@H](/C=C\C(C)(C)[C@]4(OC)O[C@@H](CCC4=O)C[C@H]([C@@H](C)OCOCc4ccccc4)OC(=O)C[C@H](O)C[C@H](C1)O2)O3. The third-order valence-corrected chi connectivity index (χ3v) is 10.3. The van der Waals surface area contributed by atoms with Gasteiger partial charge in [-0.2, -0.15) is 0 Å². The molecule has 6 bridgehead atoms. The van der Waals surface area contributed by atoms with Gasteiger partial charge < -0.3 is 38.3 Å². The first-order chi connectivity index (χ1) is 23.9. The minimum absolute atomic E-state index is 0.0167. The molecule has 1 aromatic carbocycles. The molecule has 276 valence electrons. The van der Waals surface area contributed by atoms with Crippen LogP contribution in [0.25, 0.3) is 0 Å². The van der Waals surface area contributed by atoms with Gasteiger partial charge in [0, 0.05) is 38.2 Å². The molecule has 0 aliphatic carbocycles.